The van der Waals surface area contributed by atoms with E-state index < -0.39 is 0 Å². The fraction of sp³-hybridized carbons (Fsp3) is 0.273. The largest absolute Gasteiger partial charge is 0.335 e. The van der Waals surface area contributed by atoms with Crippen LogP contribution >= 0.6 is 11.8 Å². The minimum absolute atomic E-state index is 0.144. The number of carbonyl (C=O) groups is 1. The third kappa shape index (κ3) is 4.26. The molecule has 0 bridgehead atoms. The van der Waals surface area contributed by atoms with E-state index >= 15 is 0 Å². The van der Waals surface area contributed by atoms with Crippen molar-refractivity contribution in [3.63, 3.8) is 0 Å². The monoisotopic (exact) mass is 447 g/mol. The number of rotatable bonds is 7. The zero-order valence-corrected chi connectivity index (χ0v) is 18.3. The molecule has 1 aliphatic rings. The number of aryl methyl sites for hydroxylation is 1. The van der Waals surface area contributed by atoms with Gasteiger partial charge in [-0.05, 0) is 37.6 Å². The van der Waals surface area contributed by atoms with Crippen LogP contribution in [-0.4, -0.2) is 47.2 Å². The van der Waals surface area contributed by atoms with Gasteiger partial charge >= 0.3 is 0 Å². The maximum Gasteiger partial charge on any atom is 0.257 e. The molecule has 0 saturated carbocycles. The van der Waals surface area contributed by atoms with Crippen molar-refractivity contribution in [1.82, 2.24) is 34.8 Å². The van der Waals surface area contributed by atoms with Gasteiger partial charge in [0.1, 0.15) is 5.82 Å². The summed E-state index contributed by atoms with van der Waals surface area (Å²) in [6, 6.07) is 13.6. The number of aromatic nitrogens is 6. The molecule has 32 heavy (non-hydrogen) atoms. The van der Waals surface area contributed by atoms with Crippen molar-refractivity contribution >= 4 is 17.7 Å². The molecule has 1 aliphatic heterocycles. The number of hydrogen-bond acceptors (Lipinski definition) is 8. The SMILES string of the molecule is Cc1ccc(-c2nc(CSc3nnc(CN4CCCC4=O)n3-c3ccccn3)no2)cc1. The first-order valence-corrected chi connectivity index (χ1v) is 11.3. The topological polar surface area (TPSA) is 103 Å². The molecule has 0 N–H and O–H groups in total. The van der Waals surface area contributed by atoms with Gasteiger partial charge in [-0.2, -0.15) is 4.98 Å². The molecule has 3 aromatic heterocycles. The first kappa shape index (κ1) is 20.4. The van der Waals surface area contributed by atoms with Gasteiger partial charge in [-0.25, -0.2) is 4.98 Å². The van der Waals surface area contributed by atoms with E-state index in [1.807, 2.05) is 58.9 Å². The molecule has 10 heteroatoms. The van der Waals surface area contributed by atoms with E-state index in [2.05, 4.69) is 25.3 Å². The number of amides is 1. The summed E-state index contributed by atoms with van der Waals surface area (Å²) in [5.41, 5.74) is 2.05. The Bertz CT molecular complexity index is 1220. The Balaban J connectivity index is 1.37. The number of pyridine rings is 1. The molecule has 4 aromatic rings. The fourth-order valence-corrected chi connectivity index (χ4v) is 4.31. The van der Waals surface area contributed by atoms with Gasteiger partial charge in [0.05, 0.1) is 12.3 Å². The van der Waals surface area contributed by atoms with Crippen LogP contribution in [0.4, 0.5) is 0 Å². The fourth-order valence-electron chi connectivity index (χ4n) is 3.51. The predicted molar refractivity (Wildman–Crippen MR) is 118 cm³/mol. The number of hydrogen-bond donors (Lipinski definition) is 0. The van der Waals surface area contributed by atoms with E-state index in [-0.39, 0.29) is 5.91 Å². The van der Waals surface area contributed by atoms with Gasteiger partial charge in [0.2, 0.25) is 5.91 Å². The van der Waals surface area contributed by atoms with Crippen LogP contribution in [0.15, 0.2) is 58.3 Å². The van der Waals surface area contributed by atoms with E-state index in [9.17, 15) is 4.79 Å². The maximum absolute atomic E-state index is 12.1. The molecule has 9 nitrogen and oxygen atoms in total. The lowest BCUT2D eigenvalue weighted by Gasteiger charge is -2.16. The van der Waals surface area contributed by atoms with Crippen LogP contribution in [0.1, 0.15) is 30.1 Å². The highest BCUT2D eigenvalue weighted by atomic mass is 32.2. The van der Waals surface area contributed by atoms with Crippen molar-refractivity contribution < 1.29 is 9.32 Å². The molecule has 1 aromatic carbocycles. The van der Waals surface area contributed by atoms with Crippen molar-refractivity contribution in [2.24, 2.45) is 0 Å². The molecule has 0 unspecified atom stereocenters. The van der Waals surface area contributed by atoms with Crippen molar-refractivity contribution in [2.45, 2.75) is 37.2 Å². The van der Waals surface area contributed by atoms with E-state index in [0.717, 1.165) is 18.5 Å². The van der Waals surface area contributed by atoms with Gasteiger partial charge in [-0.3, -0.25) is 9.36 Å². The summed E-state index contributed by atoms with van der Waals surface area (Å²) in [6.45, 7) is 3.18. The first-order valence-electron chi connectivity index (χ1n) is 10.3. The predicted octanol–water partition coefficient (Wildman–Crippen LogP) is 3.44. The second-order valence-electron chi connectivity index (χ2n) is 7.51. The molecule has 5 rings (SSSR count). The van der Waals surface area contributed by atoms with Crippen LogP contribution in [0.3, 0.4) is 0 Å². The highest BCUT2D eigenvalue weighted by Gasteiger charge is 2.24. The zero-order valence-electron chi connectivity index (χ0n) is 17.5. The van der Waals surface area contributed by atoms with Gasteiger partial charge < -0.3 is 9.42 Å². The molecule has 1 amide bonds. The van der Waals surface area contributed by atoms with Crippen molar-refractivity contribution in [2.75, 3.05) is 6.54 Å². The molecule has 0 aliphatic carbocycles. The number of carbonyl (C=O) groups excluding carboxylic acids is 1. The van der Waals surface area contributed by atoms with Crippen LogP contribution in [0, 0.1) is 6.92 Å². The van der Waals surface area contributed by atoms with Gasteiger partial charge in [-0.15, -0.1) is 10.2 Å². The Morgan fingerprint density at radius 2 is 2.00 bits per heavy atom. The molecular formula is C22H21N7O2S. The summed E-state index contributed by atoms with van der Waals surface area (Å²) < 4.78 is 7.31. The third-order valence-corrected chi connectivity index (χ3v) is 6.10. The average molecular weight is 448 g/mol. The summed E-state index contributed by atoms with van der Waals surface area (Å²) >= 11 is 1.45. The Morgan fingerprint density at radius 3 is 2.75 bits per heavy atom. The smallest absolute Gasteiger partial charge is 0.257 e. The summed E-state index contributed by atoms with van der Waals surface area (Å²) in [4.78, 5) is 22.9. The Morgan fingerprint density at radius 1 is 1.12 bits per heavy atom. The van der Waals surface area contributed by atoms with E-state index in [1.165, 1.54) is 17.3 Å². The summed E-state index contributed by atoms with van der Waals surface area (Å²) in [5.74, 6) is 3.04. The number of nitrogens with zero attached hydrogens (tertiary/aromatic N) is 7. The number of benzene rings is 1. The number of likely N-dealkylation sites (tertiary alicyclic amines) is 1. The van der Waals surface area contributed by atoms with Crippen molar-refractivity contribution in [3.8, 4) is 17.3 Å². The van der Waals surface area contributed by atoms with Crippen LogP contribution < -0.4 is 0 Å². The molecule has 0 radical (unpaired) electrons. The molecule has 162 valence electrons. The van der Waals surface area contributed by atoms with Crippen molar-refractivity contribution in [3.05, 3.63) is 65.9 Å². The summed E-state index contributed by atoms with van der Waals surface area (Å²) in [5, 5.41) is 13.5. The van der Waals surface area contributed by atoms with Gasteiger partial charge in [0.15, 0.2) is 16.8 Å². The molecule has 0 spiro atoms. The lowest BCUT2D eigenvalue weighted by atomic mass is 10.1. The lowest BCUT2D eigenvalue weighted by molar-refractivity contribution is -0.128. The Labute approximate surface area is 188 Å². The second kappa shape index (κ2) is 8.91. The maximum atomic E-state index is 12.1. The first-order chi connectivity index (χ1) is 15.7. The van der Waals surface area contributed by atoms with Crippen LogP contribution in [0.25, 0.3) is 17.3 Å². The highest BCUT2D eigenvalue weighted by Crippen LogP contribution is 2.26. The minimum Gasteiger partial charge on any atom is -0.335 e. The van der Waals surface area contributed by atoms with E-state index in [0.29, 0.717) is 47.2 Å². The second-order valence-corrected chi connectivity index (χ2v) is 8.45. The Hall–Kier alpha value is -3.53. The molecule has 1 fully saturated rings. The normalized spacial score (nSPS) is 13.8. The van der Waals surface area contributed by atoms with Gasteiger partial charge in [0, 0.05) is 24.7 Å². The van der Waals surface area contributed by atoms with Crippen LogP contribution in [0.5, 0.6) is 0 Å². The molecule has 0 atom stereocenters. The van der Waals surface area contributed by atoms with Crippen LogP contribution in [0.2, 0.25) is 0 Å². The summed E-state index contributed by atoms with van der Waals surface area (Å²) in [7, 11) is 0. The van der Waals surface area contributed by atoms with E-state index in [1.54, 1.807) is 6.20 Å². The zero-order chi connectivity index (χ0) is 21.9. The molecule has 1 saturated heterocycles. The average Bonchev–Trinajstić information content (AvgIpc) is 3.54. The lowest BCUT2D eigenvalue weighted by Crippen LogP contribution is -2.25. The minimum atomic E-state index is 0.144. The molecular weight excluding hydrogens is 426 g/mol. The number of thioether (sulfide) groups is 1. The molecule has 4 heterocycles. The Kier molecular flexibility index (Phi) is 5.68. The quantitative estimate of drug-likeness (QED) is 0.397. The van der Waals surface area contributed by atoms with Gasteiger partial charge in [0.25, 0.3) is 5.89 Å². The van der Waals surface area contributed by atoms with Crippen LogP contribution in [-0.2, 0) is 17.1 Å². The van der Waals surface area contributed by atoms with E-state index in [4.69, 9.17) is 4.52 Å². The van der Waals surface area contributed by atoms with Crippen molar-refractivity contribution in [1.29, 1.82) is 0 Å². The highest BCUT2D eigenvalue weighted by molar-refractivity contribution is 7.98. The van der Waals surface area contributed by atoms with Gasteiger partial charge in [-0.1, -0.05) is 40.7 Å². The third-order valence-electron chi connectivity index (χ3n) is 5.18. The standard InChI is InChI=1S/C22H21N7O2S/c1-15-7-9-16(10-8-15)21-24-17(27-31-21)14-32-22-26-25-19(13-28-12-4-6-20(28)30)29(22)18-5-2-3-11-23-18/h2-3,5,7-11H,4,6,12-14H2,1H3. The summed E-state index contributed by atoms with van der Waals surface area (Å²) in [6.07, 6.45) is 3.18.